The molecule has 5 aliphatic rings. The Bertz CT molecular complexity index is 1230. The molecule has 8 atom stereocenters. The van der Waals surface area contributed by atoms with Gasteiger partial charge in [-0.1, -0.05) is 6.08 Å². The molecule has 0 aromatic rings. The first-order chi connectivity index (χ1) is 17.1. The van der Waals surface area contributed by atoms with Crippen LogP contribution in [0.4, 0.5) is 0 Å². The second kappa shape index (κ2) is 7.17. The summed E-state index contributed by atoms with van der Waals surface area (Å²) in [6, 6.07) is 0. The van der Waals surface area contributed by atoms with E-state index in [4.69, 9.17) is 28.4 Å². The maximum Gasteiger partial charge on any atom is 0.334 e. The van der Waals surface area contributed by atoms with Crippen molar-refractivity contribution in [2.75, 3.05) is 42.7 Å². The first-order valence-corrected chi connectivity index (χ1v) is 11.1. The van der Waals surface area contributed by atoms with Crippen molar-refractivity contribution in [1.82, 2.24) is 0 Å². The number of carbonyl (C=O) groups is 6. The Balaban J connectivity index is 1.79. The highest BCUT2D eigenvalue weighted by Gasteiger charge is 3.04. The Morgan fingerprint density at radius 3 is 1.47 bits per heavy atom. The molecule has 0 unspecified atom stereocenters. The molecule has 5 aliphatic carbocycles. The number of rotatable bonds is 6. The largest absolute Gasteiger partial charge is 0.469 e. The van der Waals surface area contributed by atoms with Crippen LogP contribution in [-0.4, -0.2) is 78.5 Å². The molecule has 3 saturated carbocycles. The van der Waals surface area contributed by atoms with Gasteiger partial charge in [0, 0.05) is 29.2 Å². The first kappa shape index (κ1) is 24.0. The average molecular weight is 504 g/mol. The van der Waals surface area contributed by atoms with Gasteiger partial charge in [-0.15, -0.1) is 0 Å². The SMILES string of the molecule is COC(=O)C1=C[C@]2(C(=O)OC)[C@H]1[C@H]1[C@@H]2[C@]2(C(=O)OC)[C@H]3C(C(=O)OC)=C(C(=O)OC)[C@H]3[C@]12C(=O)OC. The number of ether oxygens (including phenoxy) is 6. The van der Waals surface area contributed by atoms with Gasteiger partial charge in [-0.25, -0.2) is 14.4 Å². The van der Waals surface area contributed by atoms with Crippen LogP contribution in [0.2, 0.25) is 0 Å². The maximum absolute atomic E-state index is 13.6. The smallest absolute Gasteiger partial charge is 0.334 e. The van der Waals surface area contributed by atoms with E-state index in [1.54, 1.807) is 0 Å². The summed E-state index contributed by atoms with van der Waals surface area (Å²) in [6.45, 7) is 0. The second-order valence-corrected chi connectivity index (χ2v) is 9.48. The number of hydrogen-bond acceptors (Lipinski definition) is 12. The van der Waals surface area contributed by atoms with Crippen molar-refractivity contribution in [2.24, 2.45) is 45.8 Å². The van der Waals surface area contributed by atoms with E-state index >= 15 is 0 Å². The van der Waals surface area contributed by atoms with Crippen LogP contribution in [0.3, 0.4) is 0 Å². The van der Waals surface area contributed by atoms with Crippen LogP contribution >= 0.6 is 0 Å². The summed E-state index contributed by atoms with van der Waals surface area (Å²) in [5, 5.41) is 0. The molecule has 192 valence electrons. The Morgan fingerprint density at radius 2 is 1.03 bits per heavy atom. The lowest BCUT2D eigenvalue weighted by molar-refractivity contribution is -0.416. The molecule has 12 heteroatoms. The van der Waals surface area contributed by atoms with E-state index in [9.17, 15) is 28.8 Å². The second-order valence-electron chi connectivity index (χ2n) is 9.48. The molecular weight excluding hydrogens is 480 g/mol. The maximum atomic E-state index is 13.6. The lowest BCUT2D eigenvalue weighted by atomic mass is 9.07. The molecular formula is C24H24O12. The highest BCUT2D eigenvalue weighted by atomic mass is 16.5. The van der Waals surface area contributed by atoms with Gasteiger partial charge < -0.3 is 28.4 Å². The van der Waals surface area contributed by atoms with E-state index in [0.717, 1.165) is 28.4 Å². The summed E-state index contributed by atoms with van der Waals surface area (Å²) in [5.74, 6) is -9.22. The van der Waals surface area contributed by atoms with Gasteiger partial charge >= 0.3 is 35.8 Å². The van der Waals surface area contributed by atoms with Crippen LogP contribution in [0, 0.1) is 45.8 Å². The van der Waals surface area contributed by atoms with E-state index in [2.05, 4.69) is 0 Å². The third kappa shape index (κ3) is 1.92. The summed E-state index contributed by atoms with van der Waals surface area (Å²) in [6.07, 6.45) is 1.40. The number of esters is 6. The molecule has 0 radical (unpaired) electrons. The van der Waals surface area contributed by atoms with Crippen molar-refractivity contribution in [3.05, 3.63) is 22.8 Å². The lowest BCUT2D eigenvalue weighted by Crippen LogP contribution is -2.98. The van der Waals surface area contributed by atoms with Gasteiger partial charge in [0.05, 0.1) is 70.0 Å². The molecule has 0 spiro atoms. The van der Waals surface area contributed by atoms with Crippen LogP contribution in [0.15, 0.2) is 22.8 Å². The van der Waals surface area contributed by atoms with Gasteiger partial charge in [-0.3, -0.25) is 14.4 Å². The van der Waals surface area contributed by atoms with E-state index in [1.165, 1.54) is 20.3 Å². The molecule has 0 saturated heterocycles. The molecule has 0 aromatic carbocycles. The minimum absolute atomic E-state index is 0.101. The first-order valence-electron chi connectivity index (χ1n) is 11.1. The summed E-state index contributed by atoms with van der Waals surface area (Å²) >= 11 is 0. The Labute approximate surface area is 204 Å². The summed E-state index contributed by atoms with van der Waals surface area (Å²) < 4.78 is 30.0. The van der Waals surface area contributed by atoms with Crippen LogP contribution in [0.25, 0.3) is 0 Å². The number of carbonyl (C=O) groups excluding carboxylic acids is 6. The third-order valence-corrected chi connectivity index (χ3v) is 9.22. The molecule has 36 heavy (non-hydrogen) atoms. The fourth-order valence-electron chi connectivity index (χ4n) is 8.42. The Morgan fingerprint density at radius 1 is 0.583 bits per heavy atom. The van der Waals surface area contributed by atoms with E-state index in [1.807, 2.05) is 0 Å². The normalized spacial score (nSPS) is 39.6. The van der Waals surface area contributed by atoms with Gasteiger partial charge in [0.25, 0.3) is 0 Å². The minimum atomic E-state index is -1.74. The molecule has 12 nitrogen and oxygen atoms in total. The van der Waals surface area contributed by atoms with Crippen LogP contribution in [0.1, 0.15) is 0 Å². The molecule has 3 fully saturated rings. The van der Waals surface area contributed by atoms with Crippen molar-refractivity contribution < 1.29 is 57.2 Å². The zero-order chi connectivity index (χ0) is 26.5. The lowest BCUT2D eigenvalue weighted by Gasteiger charge is -2.91. The summed E-state index contributed by atoms with van der Waals surface area (Å²) in [7, 11) is 6.84. The minimum Gasteiger partial charge on any atom is -0.469 e. The van der Waals surface area contributed by atoms with Crippen molar-refractivity contribution in [3.63, 3.8) is 0 Å². The summed E-state index contributed by atoms with van der Waals surface area (Å²) in [5.41, 5.74) is -4.92. The van der Waals surface area contributed by atoms with E-state index in [-0.39, 0.29) is 16.7 Å². The van der Waals surface area contributed by atoms with Gasteiger partial charge in [-0.05, 0) is 5.92 Å². The van der Waals surface area contributed by atoms with Crippen LogP contribution in [0.5, 0.6) is 0 Å². The average Bonchev–Trinajstić information content (AvgIpc) is 2.87. The monoisotopic (exact) mass is 504 g/mol. The van der Waals surface area contributed by atoms with Crippen molar-refractivity contribution in [1.29, 1.82) is 0 Å². The van der Waals surface area contributed by atoms with Crippen molar-refractivity contribution >= 4 is 35.8 Å². The Hall–Kier alpha value is -3.70. The van der Waals surface area contributed by atoms with Gasteiger partial charge in [0.15, 0.2) is 0 Å². The zero-order valence-electron chi connectivity index (χ0n) is 20.4. The predicted molar refractivity (Wildman–Crippen MR) is 112 cm³/mol. The van der Waals surface area contributed by atoms with Gasteiger partial charge in [0.2, 0.25) is 0 Å². The molecule has 0 aliphatic heterocycles. The number of hydrogen-bond donors (Lipinski definition) is 0. The Kier molecular flexibility index (Phi) is 4.78. The molecule has 0 bridgehead atoms. The quantitative estimate of drug-likeness (QED) is 0.256. The standard InChI is InChI=1S/C24H24O12/c1-31-16(25)8-7-22(19(28)34-4)11(8)14-15(22)24(21(30)36-6)13-10(18(27)33-3)9(17(26)32-2)12(13)23(14,24)20(29)35-5/h7,11-15H,1-6H3/t11-,12-,13+,14+,15+,22+,23-,24+/m1/s1. The van der Waals surface area contributed by atoms with E-state index < -0.39 is 81.7 Å². The fourth-order valence-corrected chi connectivity index (χ4v) is 8.42. The predicted octanol–water partition coefficient (Wildman–Crippen LogP) is -0.644. The number of methoxy groups -OCH3 is 6. The number of fused-ring (bicyclic) bond motifs is 10. The highest BCUT2D eigenvalue weighted by molar-refractivity contribution is 6.13. The van der Waals surface area contributed by atoms with Crippen LogP contribution < -0.4 is 0 Å². The molecule has 0 N–H and O–H groups in total. The highest BCUT2D eigenvalue weighted by Crippen LogP contribution is 2.97. The zero-order valence-corrected chi connectivity index (χ0v) is 20.4. The third-order valence-electron chi connectivity index (χ3n) is 9.22. The fraction of sp³-hybridized carbons (Fsp3) is 0.583. The summed E-state index contributed by atoms with van der Waals surface area (Å²) in [4.78, 5) is 78.4. The van der Waals surface area contributed by atoms with Crippen LogP contribution in [-0.2, 0) is 57.2 Å². The molecule has 0 aromatic heterocycles. The van der Waals surface area contributed by atoms with E-state index in [0.29, 0.717) is 0 Å². The van der Waals surface area contributed by atoms with Crippen molar-refractivity contribution in [3.8, 4) is 0 Å². The van der Waals surface area contributed by atoms with Crippen molar-refractivity contribution in [2.45, 2.75) is 0 Å². The van der Waals surface area contributed by atoms with Gasteiger partial charge in [0.1, 0.15) is 0 Å². The molecule has 0 amide bonds. The molecule has 0 heterocycles. The molecule has 5 rings (SSSR count). The van der Waals surface area contributed by atoms with Gasteiger partial charge in [-0.2, -0.15) is 0 Å². The topological polar surface area (TPSA) is 158 Å².